The van der Waals surface area contributed by atoms with Gasteiger partial charge in [0.1, 0.15) is 32.1 Å². The van der Waals surface area contributed by atoms with E-state index >= 15 is 0 Å². The molecule has 1 aliphatic rings. The van der Waals surface area contributed by atoms with E-state index in [1.165, 1.54) is 4.57 Å². The molecule has 1 aromatic heterocycles. The molecule has 14 heteroatoms. The van der Waals surface area contributed by atoms with Gasteiger partial charge in [0, 0.05) is 6.92 Å². The van der Waals surface area contributed by atoms with Gasteiger partial charge in [-0.05, 0) is 17.1 Å². The molecular weight excluding hydrogens is 477 g/mol. The average molecular weight is 495 g/mol. The highest BCUT2D eigenvalue weighted by atomic mass is 35.6. The van der Waals surface area contributed by atoms with E-state index in [4.69, 9.17) is 49.0 Å². The number of hydrogen-bond acceptors (Lipinski definition) is 8. The molecule has 0 radical (unpaired) electrons. The highest BCUT2D eigenvalue weighted by Gasteiger charge is 2.37. The summed E-state index contributed by atoms with van der Waals surface area (Å²) in [6, 6.07) is 7.04. The molecule has 2 atom stereocenters. The highest BCUT2D eigenvalue weighted by Crippen LogP contribution is 2.32. The van der Waals surface area contributed by atoms with E-state index in [0.29, 0.717) is 17.3 Å². The van der Waals surface area contributed by atoms with Crippen LogP contribution in [0.1, 0.15) is 5.82 Å². The molecule has 0 saturated carbocycles. The minimum absolute atomic E-state index is 0.0256. The third-order valence-corrected chi connectivity index (χ3v) is 4.87. The molecule has 168 valence electrons. The average Bonchev–Trinajstić information content (AvgIpc) is 3.07. The predicted octanol–water partition coefficient (Wildman–Crippen LogP) is 2.91. The number of nitrogens with zero attached hydrogens (tertiary/aromatic N) is 3. The lowest BCUT2D eigenvalue weighted by molar-refractivity contribution is -0.392. The molecule has 31 heavy (non-hydrogen) atoms. The van der Waals surface area contributed by atoms with Crippen molar-refractivity contribution in [3.05, 3.63) is 46.4 Å². The van der Waals surface area contributed by atoms with E-state index in [2.05, 4.69) is 15.6 Å². The fourth-order valence-corrected chi connectivity index (χ4v) is 3.13. The summed E-state index contributed by atoms with van der Waals surface area (Å²) >= 11 is 17.9. The first-order valence-electron chi connectivity index (χ1n) is 8.96. The van der Waals surface area contributed by atoms with E-state index < -0.39 is 27.2 Å². The topological polar surface area (TPSA) is 130 Å². The third kappa shape index (κ3) is 6.03. The lowest BCUT2D eigenvalue weighted by atomic mass is 10.3. The van der Waals surface area contributed by atoms with E-state index in [1.54, 1.807) is 31.2 Å². The zero-order chi connectivity index (χ0) is 22.6. The van der Waals surface area contributed by atoms with E-state index in [-0.39, 0.29) is 25.6 Å². The largest absolute Gasteiger partial charge is 0.484 e. The Morgan fingerprint density at radius 1 is 1.42 bits per heavy atom. The number of nitro groups is 1. The van der Waals surface area contributed by atoms with Crippen LogP contribution in [0, 0.1) is 17.0 Å². The summed E-state index contributed by atoms with van der Waals surface area (Å²) in [4.78, 5) is 26.5. The number of alkyl carbamates (subject to hydrolysis) is 1. The van der Waals surface area contributed by atoms with Gasteiger partial charge in [0.2, 0.25) is 3.79 Å². The van der Waals surface area contributed by atoms with Crippen LogP contribution in [0.4, 0.5) is 10.6 Å². The number of benzene rings is 1. The molecule has 0 aliphatic carbocycles. The number of nitrogens with one attached hydrogen (secondary N) is 2. The number of carbonyl (C=O) groups is 1. The Labute approximate surface area is 191 Å². The molecule has 1 amide bonds. The SMILES string of the molecule is Cc1ncc([N+](=O)[O-])n1CCOC(=O)N[C@@H](N[C@H]1COc2ccccc2O1)C(Cl)(Cl)Cl. The molecule has 2 aromatic rings. The first kappa shape index (κ1) is 23.2. The maximum Gasteiger partial charge on any atom is 0.408 e. The number of para-hydroxylation sites is 2. The van der Waals surface area contributed by atoms with E-state index in [9.17, 15) is 14.9 Å². The second-order valence-electron chi connectivity index (χ2n) is 6.36. The molecule has 0 spiro atoms. The molecule has 1 aliphatic heterocycles. The van der Waals surface area contributed by atoms with Crippen molar-refractivity contribution >= 4 is 46.7 Å². The normalized spacial score (nSPS) is 16.5. The lowest BCUT2D eigenvalue weighted by Crippen LogP contribution is -2.59. The van der Waals surface area contributed by atoms with Gasteiger partial charge in [0.15, 0.2) is 23.6 Å². The van der Waals surface area contributed by atoms with Crippen LogP contribution in [0.3, 0.4) is 0 Å². The Hall–Kier alpha value is -2.47. The van der Waals surface area contributed by atoms with E-state index in [1.807, 2.05) is 0 Å². The van der Waals surface area contributed by atoms with Crippen LogP contribution < -0.4 is 20.1 Å². The molecule has 0 saturated heterocycles. The molecule has 0 fully saturated rings. The monoisotopic (exact) mass is 493 g/mol. The van der Waals surface area contributed by atoms with Gasteiger partial charge in [-0.3, -0.25) is 5.32 Å². The summed E-state index contributed by atoms with van der Waals surface area (Å²) in [7, 11) is 0. The molecular formula is C17H18Cl3N5O6. The van der Waals surface area contributed by atoms with Crippen molar-refractivity contribution in [2.75, 3.05) is 13.2 Å². The number of imidazole rings is 1. The molecule has 3 rings (SSSR count). The van der Waals surface area contributed by atoms with E-state index in [0.717, 1.165) is 6.20 Å². The fraction of sp³-hybridized carbons (Fsp3) is 0.412. The van der Waals surface area contributed by atoms with Crippen molar-refractivity contribution in [2.45, 2.75) is 29.7 Å². The summed E-state index contributed by atoms with van der Waals surface area (Å²) in [5.74, 6) is 1.26. The van der Waals surface area contributed by atoms with Crippen LogP contribution in [0.5, 0.6) is 11.5 Å². The second-order valence-corrected chi connectivity index (χ2v) is 8.73. The minimum atomic E-state index is -1.95. The summed E-state index contributed by atoms with van der Waals surface area (Å²) in [5.41, 5.74) is 0. The first-order chi connectivity index (χ1) is 14.6. The van der Waals surface area contributed by atoms with Crippen molar-refractivity contribution in [3.8, 4) is 11.5 Å². The Morgan fingerprint density at radius 2 is 2.13 bits per heavy atom. The number of halogens is 3. The fourth-order valence-electron chi connectivity index (χ4n) is 2.77. The van der Waals surface area contributed by atoms with Crippen molar-refractivity contribution in [1.29, 1.82) is 0 Å². The number of alkyl halides is 3. The standard InChI is InChI=1S/C17H18Cl3N5O6/c1-10-21-8-14(25(27)28)24(10)6-7-29-16(26)23-15(17(18,19)20)22-13-9-30-11-4-2-3-5-12(11)31-13/h2-5,8,13,15,22H,6-7,9H2,1H3,(H,23,26)/t13-,15-/m1/s1. The zero-order valence-electron chi connectivity index (χ0n) is 16.1. The number of aromatic nitrogens is 2. The Morgan fingerprint density at radius 3 is 2.81 bits per heavy atom. The maximum absolute atomic E-state index is 12.2. The van der Waals surface area contributed by atoms with Crippen molar-refractivity contribution in [2.24, 2.45) is 0 Å². The zero-order valence-corrected chi connectivity index (χ0v) is 18.4. The van der Waals surface area contributed by atoms with Crippen LogP contribution in [0.15, 0.2) is 30.5 Å². The first-order valence-corrected chi connectivity index (χ1v) is 10.1. The molecule has 2 N–H and O–H groups in total. The minimum Gasteiger partial charge on any atom is -0.484 e. The van der Waals surface area contributed by atoms with Crippen LogP contribution in [-0.4, -0.2) is 50.0 Å². The van der Waals surface area contributed by atoms with Gasteiger partial charge in [0.25, 0.3) is 0 Å². The smallest absolute Gasteiger partial charge is 0.408 e. The predicted molar refractivity (Wildman–Crippen MR) is 112 cm³/mol. The number of hydrogen-bond donors (Lipinski definition) is 2. The Kier molecular flexibility index (Phi) is 7.31. The number of fused-ring (bicyclic) bond motifs is 1. The number of amides is 1. The number of aryl methyl sites for hydroxylation is 1. The summed E-state index contributed by atoms with van der Waals surface area (Å²) in [6.45, 7) is 1.56. The van der Waals surface area contributed by atoms with Crippen molar-refractivity contribution < 1.29 is 23.9 Å². The number of carbonyl (C=O) groups excluding carboxylic acids is 1. The van der Waals surface area contributed by atoms with Crippen LogP contribution in [0.2, 0.25) is 0 Å². The molecule has 1 aromatic carbocycles. The Bertz CT molecular complexity index is 951. The summed E-state index contributed by atoms with van der Waals surface area (Å²) < 4.78 is 15.7. The van der Waals surface area contributed by atoms with Crippen LogP contribution >= 0.6 is 34.8 Å². The third-order valence-electron chi connectivity index (χ3n) is 4.22. The molecule has 2 heterocycles. The summed E-state index contributed by atoms with van der Waals surface area (Å²) in [6.07, 6.45) is -1.68. The van der Waals surface area contributed by atoms with Gasteiger partial charge in [-0.25, -0.2) is 14.3 Å². The van der Waals surface area contributed by atoms with Crippen LogP contribution in [-0.2, 0) is 11.3 Å². The second kappa shape index (κ2) is 9.77. The van der Waals surface area contributed by atoms with Gasteiger partial charge in [-0.1, -0.05) is 46.9 Å². The molecule has 0 bridgehead atoms. The van der Waals surface area contributed by atoms with Gasteiger partial charge in [0.05, 0.1) is 0 Å². The molecule has 0 unspecified atom stereocenters. The highest BCUT2D eigenvalue weighted by molar-refractivity contribution is 6.68. The number of ether oxygens (including phenoxy) is 3. The quantitative estimate of drug-likeness (QED) is 0.260. The summed E-state index contributed by atoms with van der Waals surface area (Å²) in [5, 5.41) is 16.2. The lowest BCUT2D eigenvalue weighted by Gasteiger charge is -2.33. The van der Waals surface area contributed by atoms with Gasteiger partial charge >= 0.3 is 11.9 Å². The van der Waals surface area contributed by atoms with Crippen molar-refractivity contribution in [1.82, 2.24) is 20.2 Å². The van der Waals surface area contributed by atoms with Gasteiger partial charge < -0.3 is 29.6 Å². The number of rotatable bonds is 7. The Balaban J connectivity index is 1.55. The van der Waals surface area contributed by atoms with Crippen molar-refractivity contribution in [3.63, 3.8) is 0 Å². The maximum atomic E-state index is 12.2. The van der Waals surface area contributed by atoms with Crippen LogP contribution in [0.25, 0.3) is 0 Å². The van der Waals surface area contributed by atoms with Gasteiger partial charge in [-0.2, -0.15) is 0 Å². The van der Waals surface area contributed by atoms with Gasteiger partial charge in [-0.15, -0.1) is 0 Å². The molecule has 11 nitrogen and oxygen atoms in total.